The molecule has 2 N–H and O–H groups in total. The summed E-state index contributed by atoms with van der Waals surface area (Å²) >= 11 is 0. The number of carbonyl (C=O) groups excluding carboxylic acids is 2. The number of halogens is 1. The topological polar surface area (TPSA) is 77.0 Å². The van der Waals surface area contributed by atoms with Crippen molar-refractivity contribution in [1.82, 2.24) is 15.1 Å². The third kappa shape index (κ3) is 7.29. The molecule has 0 aliphatic carbocycles. The second-order valence-corrected chi connectivity index (χ2v) is 7.00. The van der Waals surface area contributed by atoms with Gasteiger partial charge in [0.1, 0.15) is 0 Å². The van der Waals surface area contributed by atoms with Crippen LogP contribution in [-0.2, 0) is 16.1 Å². The van der Waals surface area contributed by atoms with Crippen molar-refractivity contribution in [3.63, 3.8) is 0 Å². The van der Waals surface area contributed by atoms with E-state index in [4.69, 9.17) is 4.99 Å². The summed E-state index contributed by atoms with van der Waals surface area (Å²) in [7, 11) is 0. The molecule has 0 atom stereocenters. The highest BCUT2D eigenvalue weighted by Crippen LogP contribution is 2.12. The Balaban J connectivity index is 0.00000392. The first-order valence-corrected chi connectivity index (χ1v) is 9.59. The fourth-order valence-electron chi connectivity index (χ4n) is 2.81. The van der Waals surface area contributed by atoms with E-state index in [0.717, 1.165) is 49.9 Å². The molecule has 1 aromatic carbocycles. The average molecular weight is 501 g/mol. The van der Waals surface area contributed by atoms with Gasteiger partial charge in [-0.1, -0.05) is 26.0 Å². The predicted octanol–water partition coefficient (Wildman–Crippen LogP) is 2.53. The Bertz CT molecular complexity index is 668. The number of carbonyl (C=O) groups is 2. The van der Waals surface area contributed by atoms with E-state index in [1.54, 1.807) is 6.92 Å². The molecule has 0 bridgehead atoms. The van der Waals surface area contributed by atoms with Gasteiger partial charge < -0.3 is 20.4 Å². The number of rotatable bonds is 5. The lowest BCUT2D eigenvalue weighted by atomic mass is 10.1. The van der Waals surface area contributed by atoms with Crippen molar-refractivity contribution in [2.45, 2.75) is 34.2 Å². The van der Waals surface area contributed by atoms with Gasteiger partial charge in [-0.25, -0.2) is 4.99 Å². The molecule has 2 amide bonds. The minimum Gasteiger partial charge on any atom is -0.357 e. The third-order valence-electron chi connectivity index (χ3n) is 4.52. The maximum absolute atomic E-state index is 11.8. The zero-order chi connectivity index (χ0) is 19.8. The van der Waals surface area contributed by atoms with Gasteiger partial charge in [-0.3, -0.25) is 9.59 Å². The van der Waals surface area contributed by atoms with Crippen LogP contribution in [-0.4, -0.2) is 60.3 Å². The van der Waals surface area contributed by atoms with Gasteiger partial charge in [-0.2, -0.15) is 0 Å². The fraction of sp³-hybridized carbons (Fsp3) is 0.550. The van der Waals surface area contributed by atoms with Crippen LogP contribution in [0.3, 0.4) is 0 Å². The van der Waals surface area contributed by atoms with E-state index < -0.39 is 0 Å². The monoisotopic (exact) mass is 501 g/mol. The highest BCUT2D eigenvalue weighted by molar-refractivity contribution is 14.0. The first kappa shape index (κ1) is 24.2. The molecule has 1 aliphatic rings. The molecular weight excluding hydrogens is 469 g/mol. The lowest BCUT2D eigenvalue weighted by molar-refractivity contribution is -0.130. The summed E-state index contributed by atoms with van der Waals surface area (Å²) in [5.74, 6) is 0.972. The van der Waals surface area contributed by atoms with Gasteiger partial charge in [0, 0.05) is 51.3 Å². The van der Waals surface area contributed by atoms with Crippen molar-refractivity contribution >= 4 is 47.4 Å². The number of hydrogen-bond donors (Lipinski definition) is 2. The summed E-state index contributed by atoms with van der Waals surface area (Å²) in [6.45, 7) is 11.8. The molecule has 0 spiro atoms. The Labute approximate surface area is 185 Å². The molecule has 1 aromatic rings. The molecule has 0 aromatic heterocycles. The zero-order valence-electron chi connectivity index (χ0n) is 17.2. The van der Waals surface area contributed by atoms with Crippen LogP contribution in [0, 0.1) is 5.92 Å². The van der Waals surface area contributed by atoms with Crippen LogP contribution < -0.4 is 10.6 Å². The zero-order valence-corrected chi connectivity index (χ0v) is 19.5. The number of anilines is 1. The summed E-state index contributed by atoms with van der Waals surface area (Å²) < 4.78 is 0. The van der Waals surface area contributed by atoms with E-state index in [0.29, 0.717) is 6.54 Å². The first-order valence-electron chi connectivity index (χ1n) is 9.59. The molecular formula is C20H32IN5O2. The number of piperazine rings is 1. The van der Waals surface area contributed by atoms with Gasteiger partial charge in [0.15, 0.2) is 5.96 Å². The molecule has 2 rings (SSSR count). The molecule has 7 nitrogen and oxygen atoms in total. The van der Waals surface area contributed by atoms with Gasteiger partial charge in [-0.15, -0.1) is 24.0 Å². The highest BCUT2D eigenvalue weighted by Gasteiger charge is 2.20. The van der Waals surface area contributed by atoms with E-state index in [1.165, 1.54) is 0 Å². The molecule has 8 heteroatoms. The first-order chi connectivity index (χ1) is 12.9. The van der Waals surface area contributed by atoms with Crippen LogP contribution in [0.2, 0.25) is 0 Å². The molecule has 1 fully saturated rings. The molecule has 1 aliphatic heterocycles. The van der Waals surface area contributed by atoms with E-state index >= 15 is 0 Å². The lowest BCUT2D eigenvalue weighted by Gasteiger charge is -2.36. The Kier molecular flexibility index (Phi) is 10.3. The minimum absolute atomic E-state index is 0. The predicted molar refractivity (Wildman–Crippen MR) is 124 cm³/mol. The van der Waals surface area contributed by atoms with Gasteiger partial charge in [0.2, 0.25) is 11.8 Å². The number of guanidine groups is 1. The van der Waals surface area contributed by atoms with Crippen LogP contribution in [0.5, 0.6) is 0 Å². The van der Waals surface area contributed by atoms with Gasteiger partial charge in [0.05, 0.1) is 6.54 Å². The average Bonchev–Trinajstić information content (AvgIpc) is 2.66. The minimum atomic E-state index is -0.0413. The number of aliphatic imine (C=N–C) groups is 1. The number of amides is 2. The van der Waals surface area contributed by atoms with Crippen LogP contribution in [0.15, 0.2) is 29.3 Å². The summed E-state index contributed by atoms with van der Waals surface area (Å²) in [5.41, 5.74) is 1.88. The molecule has 1 heterocycles. The Morgan fingerprint density at radius 2 is 1.64 bits per heavy atom. The Hall–Kier alpha value is -1.84. The van der Waals surface area contributed by atoms with E-state index in [-0.39, 0.29) is 41.7 Å². The quantitative estimate of drug-likeness (QED) is 0.370. The normalized spacial score (nSPS) is 14.5. The molecule has 1 saturated heterocycles. The van der Waals surface area contributed by atoms with Crippen molar-refractivity contribution in [1.29, 1.82) is 0 Å². The van der Waals surface area contributed by atoms with E-state index in [1.807, 2.05) is 49.9 Å². The maximum Gasteiger partial charge on any atom is 0.226 e. The lowest BCUT2D eigenvalue weighted by Crippen LogP contribution is -2.53. The van der Waals surface area contributed by atoms with E-state index in [2.05, 4.69) is 15.5 Å². The number of nitrogens with zero attached hydrogens (tertiary/aromatic N) is 3. The van der Waals surface area contributed by atoms with Crippen molar-refractivity contribution in [3.05, 3.63) is 29.8 Å². The Morgan fingerprint density at radius 3 is 2.14 bits per heavy atom. The molecule has 0 saturated carbocycles. The fourth-order valence-corrected chi connectivity index (χ4v) is 2.81. The number of hydrogen-bond acceptors (Lipinski definition) is 3. The Morgan fingerprint density at radius 1 is 1.07 bits per heavy atom. The smallest absolute Gasteiger partial charge is 0.226 e. The number of benzene rings is 1. The van der Waals surface area contributed by atoms with Crippen LogP contribution in [0.4, 0.5) is 5.69 Å². The van der Waals surface area contributed by atoms with Crippen molar-refractivity contribution in [2.75, 3.05) is 38.0 Å². The number of nitrogens with one attached hydrogen (secondary N) is 2. The van der Waals surface area contributed by atoms with Crippen molar-refractivity contribution < 1.29 is 9.59 Å². The van der Waals surface area contributed by atoms with Crippen LogP contribution >= 0.6 is 24.0 Å². The summed E-state index contributed by atoms with van der Waals surface area (Å²) in [6.07, 6.45) is 0. The highest BCUT2D eigenvalue weighted by atomic mass is 127. The third-order valence-corrected chi connectivity index (χ3v) is 4.52. The second-order valence-electron chi connectivity index (χ2n) is 7.00. The van der Waals surface area contributed by atoms with Crippen LogP contribution in [0.1, 0.15) is 33.3 Å². The molecule has 28 heavy (non-hydrogen) atoms. The molecule has 0 radical (unpaired) electrons. The van der Waals surface area contributed by atoms with Crippen molar-refractivity contribution in [3.8, 4) is 0 Å². The largest absolute Gasteiger partial charge is 0.357 e. The van der Waals surface area contributed by atoms with Crippen molar-refractivity contribution in [2.24, 2.45) is 10.9 Å². The molecule has 0 unspecified atom stereocenters. The van der Waals surface area contributed by atoms with Gasteiger partial charge in [-0.05, 0) is 24.6 Å². The second kappa shape index (κ2) is 11.9. The SMILES string of the molecule is CCNC(=NCc1ccc(NC(=O)C(C)C)cc1)N1CCN(C(C)=O)CC1.I. The van der Waals surface area contributed by atoms with Gasteiger partial charge in [0.25, 0.3) is 0 Å². The van der Waals surface area contributed by atoms with Gasteiger partial charge >= 0.3 is 0 Å². The standard InChI is InChI=1S/C20H31N5O2.HI/c1-5-21-20(25-12-10-24(11-13-25)16(4)26)22-14-17-6-8-18(9-7-17)23-19(27)15(2)3;/h6-9,15H,5,10-14H2,1-4H3,(H,21,22)(H,23,27);1H. The van der Waals surface area contributed by atoms with E-state index in [9.17, 15) is 9.59 Å². The maximum atomic E-state index is 11.8. The summed E-state index contributed by atoms with van der Waals surface area (Å²) in [4.78, 5) is 32.0. The molecule has 156 valence electrons. The summed E-state index contributed by atoms with van der Waals surface area (Å²) in [5, 5.41) is 6.22. The summed E-state index contributed by atoms with van der Waals surface area (Å²) in [6, 6.07) is 7.78. The van der Waals surface area contributed by atoms with Crippen LogP contribution in [0.25, 0.3) is 0 Å².